The van der Waals surface area contributed by atoms with Crippen LogP contribution in [-0.2, 0) is 56.4 Å². The second-order valence-corrected chi connectivity index (χ2v) is 24.2. The van der Waals surface area contributed by atoms with Crippen LogP contribution in [0.4, 0.5) is 22.7 Å². The van der Waals surface area contributed by atoms with Gasteiger partial charge in [-0.1, -0.05) is 58.0 Å². The first-order chi connectivity index (χ1) is 34.5. The minimum Gasteiger partial charge on any atom is -0.493 e. The number of aryl methyl sites for hydroxylation is 2. The molecular weight excluding hydrogens is 973 g/mol. The van der Waals surface area contributed by atoms with Crippen molar-refractivity contribution in [1.29, 1.82) is 0 Å². The molecular formula is C55H58N4O10S3. The standard InChI is InChI=1S/C55H58N4O10S3/c1-33-21-44-45(56-30-42-26-39-12-8-10-14-47(39)59(42)54(44)63)29-48(33)68-31-35-22-36(24-40(23-35)57-52(61)17-19-55(3,4)71-70-20-18-51(34(2)60)72(64,65)67-6)32-69-50-27-37-15-16-41-25-38-11-7-9-13-46(38)58(41)53(62)43(37)28-49(50)66-5/h7-14,21-24,27-30,41-42,51H,15-20,25-26,31-32H2,1-6H3,(H,57,61)/t41-,42+,51?/m1/s1. The molecule has 1 N–H and O–H groups in total. The van der Waals surface area contributed by atoms with Crippen LogP contribution in [0, 0.1) is 6.92 Å². The number of ether oxygens (including phenoxy) is 3. The van der Waals surface area contributed by atoms with Crippen LogP contribution in [0.1, 0.15) is 101 Å². The Morgan fingerprint density at radius 2 is 1.49 bits per heavy atom. The fourth-order valence-corrected chi connectivity index (χ4v) is 13.8. The van der Waals surface area contributed by atoms with E-state index in [0.717, 1.165) is 59.1 Å². The minimum absolute atomic E-state index is 0.0521. The molecule has 0 fully saturated rings. The molecule has 0 spiro atoms. The molecule has 376 valence electrons. The number of hydrogen-bond donors (Lipinski definition) is 1. The highest BCUT2D eigenvalue weighted by Crippen LogP contribution is 2.43. The maximum absolute atomic E-state index is 14.1. The van der Waals surface area contributed by atoms with E-state index < -0.39 is 21.2 Å². The van der Waals surface area contributed by atoms with Gasteiger partial charge in [-0.25, -0.2) is 0 Å². The molecule has 0 aliphatic carbocycles. The fraction of sp³-hybridized carbons (Fsp3) is 0.364. The van der Waals surface area contributed by atoms with Crippen molar-refractivity contribution in [2.45, 2.75) is 108 Å². The SMILES string of the molecule is COc1cc2c(cc1OCc1cc(COc3cc4c(cc3C)C(=O)N3c5ccccc5C[C@H]3C=N4)cc(NC(=O)CCC(C)(C)SSCCC(C(C)=O)S(=O)(=O)OC)c1)CC[C@@H]1Cc3ccccc3N1C2=O. The van der Waals surface area contributed by atoms with E-state index in [-0.39, 0.29) is 60.6 Å². The number of anilines is 3. The van der Waals surface area contributed by atoms with Crippen LogP contribution in [0.3, 0.4) is 0 Å². The van der Waals surface area contributed by atoms with Gasteiger partial charge < -0.3 is 24.4 Å². The lowest BCUT2D eigenvalue weighted by molar-refractivity contribution is -0.117. The summed E-state index contributed by atoms with van der Waals surface area (Å²) in [5.41, 5.74) is 9.48. The highest BCUT2D eigenvalue weighted by molar-refractivity contribution is 8.77. The summed E-state index contributed by atoms with van der Waals surface area (Å²) in [6, 6.07) is 28.9. The van der Waals surface area contributed by atoms with Crippen LogP contribution in [0.2, 0.25) is 0 Å². The summed E-state index contributed by atoms with van der Waals surface area (Å²) in [5.74, 6) is 1.07. The molecule has 14 nitrogen and oxygen atoms in total. The van der Waals surface area contributed by atoms with E-state index in [1.54, 1.807) is 13.2 Å². The van der Waals surface area contributed by atoms with E-state index in [1.165, 1.54) is 34.1 Å². The normalized spacial score (nSPS) is 17.1. The van der Waals surface area contributed by atoms with Gasteiger partial charge in [0.15, 0.2) is 11.5 Å². The summed E-state index contributed by atoms with van der Waals surface area (Å²) in [5, 5.41) is 1.86. The number of amides is 3. The molecule has 4 aliphatic rings. The van der Waals surface area contributed by atoms with Gasteiger partial charge in [0.25, 0.3) is 21.9 Å². The zero-order valence-electron chi connectivity index (χ0n) is 41.2. The van der Waals surface area contributed by atoms with Crippen molar-refractivity contribution < 1.29 is 46.0 Å². The molecule has 9 rings (SSSR count). The Kier molecular flexibility index (Phi) is 14.9. The van der Waals surface area contributed by atoms with E-state index in [9.17, 15) is 27.6 Å². The molecule has 5 aromatic rings. The van der Waals surface area contributed by atoms with Gasteiger partial charge in [-0.2, -0.15) is 8.42 Å². The average Bonchev–Trinajstić information content (AvgIpc) is 3.85. The third-order valence-corrected chi connectivity index (χ3v) is 18.8. The number of carbonyl (C=O) groups excluding carboxylic acids is 4. The summed E-state index contributed by atoms with van der Waals surface area (Å²) < 4.78 is 47.6. The summed E-state index contributed by atoms with van der Waals surface area (Å²) in [6.45, 7) is 7.41. The molecule has 0 radical (unpaired) electrons. The maximum Gasteiger partial charge on any atom is 0.277 e. The van der Waals surface area contributed by atoms with Gasteiger partial charge in [0, 0.05) is 64.3 Å². The van der Waals surface area contributed by atoms with Gasteiger partial charge in [-0.05, 0) is 142 Å². The van der Waals surface area contributed by atoms with Crippen LogP contribution >= 0.6 is 21.6 Å². The summed E-state index contributed by atoms with van der Waals surface area (Å²) >= 11 is 0. The number of nitrogens with zero attached hydrogens (tertiary/aromatic N) is 3. The number of Topliss-reactive ketones (excluding diaryl/α,β-unsaturated/α-hetero) is 1. The van der Waals surface area contributed by atoms with E-state index in [1.807, 2.05) is 116 Å². The molecule has 3 atom stereocenters. The number of nitrogens with one attached hydrogen (secondary N) is 1. The number of benzene rings is 5. The number of ketones is 1. The number of hydrogen-bond acceptors (Lipinski definition) is 13. The first kappa shape index (κ1) is 50.8. The lowest BCUT2D eigenvalue weighted by Gasteiger charge is -2.23. The Balaban J connectivity index is 0.917. The van der Waals surface area contributed by atoms with Gasteiger partial charge in [0.1, 0.15) is 30.0 Å². The zero-order chi connectivity index (χ0) is 50.9. The maximum atomic E-state index is 14.1. The molecule has 0 saturated heterocycles. The smallest absolute Gasteiger partial charge is 0.277 e. The first-order valence-corrected chi connectivity index (χ1v) is 27.8. The quantitative estimate of drug-likeness (QED) is 0.0473. The summed E-state index contributed by atoms with van der Waals surface area (Å²) in [4.78, 5) is 62.4. The Labute approximate surface area is 428 Å². The van der Waals surface area contributed by atoms with E-state index in [4.69, 9.17) is 19.2 Å². The fourth-order valence-electron chi connectivity index (χ4n) is 9.93. The molecule has 1 unspecified atom stereocenters. The molecule has 5 aromatic carbocycles. The van der Waals surface area contributed by atoms with E-state index in [2.05, 4.69) is 15.6 Å². The van der Waals surface area contributed by atoms with Crippen molar-refractivity contribution in [1.82, 2.24) is 0 Å². The Morgan fingerprint density at radius 1 is 0.819 bits per heavy atom. The predicted octanol–water partition coefficient (Wildman–Crippen LogP) is 10.2. The molecule has 0 aromatic heterocycles. The monoisotopic (exact) mass is 1030 g/mol. The largest absolute Gasteiger partial charge is 0.493 e. The molecule has 4 aliphatic heterocycles. The highest BCUT2D eigenvalue weighted by atomic mass is 33.1. The van der Waals surface area contributed by atoms with Gasteiger partial charge in [0.2, 0.25) is 5.91 Å². The molecule has 3 amide bonds. The number of carbonyl (C=O) groups is 4. The number of para-hydroxylation sites is 2. The van der Waals surface area contributed by atoms with Crippen LogP contribution in [0.15, 0.2) is 96.0 Å². The van der Waals surface area contributed by atoms with Crippen molar-refractivity contribution in [2.75, 3.05) is 35.1 Å². The highest BCUT2D eigenvalue weighted by Gasteiger charge is 2.39. The van der Waals surface area contributed by atoms with Crippen LogP contribution in [0.5, 0.6) is 17.2 Å². The second kappa shape index (κ2) is 21.1. The second-order valence-electron chi connectivity index (χ2n) is 19.2. The van der Waals surface area contributed by atoms with Gasteiger partial charge >= 0.3 is 0 Å². The van der Waals surface area contributed by atoms with Gasteiger partial charge in [0.05, 0.1) is 31.5 Å². The Bertz CT molecular complexity index is 3100. The first-order valence-electron chi connectivity index (χ1n) is 24.0. The zero-order valence-corrected chi connectivity index (χ0v) is 43.6. The number of fused-ring (bicyclic) bond motifs is 8. The third-order valence-electron chi connectivity index (χ3n) is 13.7. The van der Waals surface area contributed by atoms with Crippen molar-refractivity contribution in [3.05, 3.63) is 136 Å². The number of aliphatic imine (C=N–C) groups is 1. The molecule has 4 heterocycles. The van der Waals surface area contributed by atoms with Crippen LogP contribution in [0.25, 0.3) is 0 Å². The Morgan fingerprint density at radius 3 is 2.18 bits per heavy atom. The number of methoxy groups -OCH3 is 1. The van der Waals surface area contributed by atoms with Crippen LogP contribution in [-0.4, -0.2) is 80.2 Å². The average molecular weight is 1030 g/mol. The predicted molar refractivity (Wildman–Crippen MR) is 284 cm³/mol. The lowest BCUT2D eigenvalue weighted by atomic mass is 9.99. The van der Waals surface area contributed by atoms with E-state index in [0.29, 0.717) is 64.8 Å². The molecule has 0 bridgehead atoms. The summed E-state index contributed by atoms with van der Waals surface area (Å²) in [6.07, 6.45) is 5.68. The van der Waals surface area contributed by atoms with Gasteiger partial charge in [-0.15, -0.1) is 0 Å². The van der Waals surface area contributed by atoms with Crippen molar-refractivity contribution in [3.63, 3.8) is 0 Å². The number of rotatable bonds is 19. The topological polar surface area (TPSA) is 170 Å². The Hall–Kier alpha value is -6.14. The molecule has 0 saturated carbocycles. The lowest BCUT2D eigenvalue weighted by Crippen LogP contribution is -2.37. The molecule has 72 heavy (non-hydrogen) atoms. The third kappa shape index (κ3) is 10.8. The van der Waals surface area contributed by atoms with Crippen molar-refractivity contribution in [3.8, 4) is 17.2 Å². The minimum atomic E-state index is -3.98. The van der Waals surface area contributed by atoms with Crippen LogP contribution < -0.4 is 29.3 Å². The summed E-state index contributed by atoms with van der Waals surface area (Å²) in [7, 11) is 1.62. The van der Waals surface area contributed by atoms with Crippen molar-refractivity contribution >= 4 is 84.2 Å². The van der Waals surface area contributed by atoms with Gasteiger partial charge in [-0.3, -0.25) is 33.3 Å². The van der Waals surface area contributed by atoms with Crippen molar-refractivity contribution in [2.24, 2.45) is 4.99 Å². The molecule has 17 heteroatoms. The van der Waals surface area contributed by atoms with E-state index >= 15 is 0 Å².